The van der Waals surface area contributed by atoms with Crippen molar-refractivity contribution in [1.82, 2.24) is 14.7 Å². The molecule has 0 aromatic heterocycles. The van der Waals surface area contributed by atoms with Crippen LogP contribution in [0.15, 0.2) is 0 Å². The van der Waals surface area contributed by atoms with Gasteiger partial charge in [-0.25, -0.2) is 4.79 Å². The Morgan fingerprint density at radius 1 is 0.870 bits per heavy atom. The number of carbonyl (C=O) groups is 2. The molecule has 0 unspecified atom stereocenters. The van der Waals surface area contributed by atoms with Gasteiger partial charge in [-0.15, -0.1) is 24.8 Å². The van der Waals surface area contributed by atoms with Crippen LogP contribution >= 0.6 is 24.8 Å². The van der Waals surface area contributed by atoms with E-state index < -0.39 is 6.16 Å². The molecule has 2 aliphatic rings. The topological polar surface area (TPSA) is 62.3 Å². The summed E-state index contributed by atoms with van der Waals surface area (Å²) in [5.41, 5.74) is 0. The van der Waals surface area contributed by atoms with Crippen LogP contribution in [0.3, 0.4) is 0 Å². The third-order valence-electron chi connectivity index (χ3n) is 4.14. The maximum Gasteiger partial charge on any atom is 0.508 e. The van der Waals surface area contributed by atoms with Crippen molar-refractivity contribution in [2.45, 2.75) is 12.8 Å². The number of methoxy groups -OCH3 is 1. The Hall–Kier alpha value is -0.760. The number of ether oxygens (including phenoxy) is 2. The van der Waals surface area contributed by atoms with Crippen molar-refractivity contribution in [1.29, 1.82) is 0 Å². The van der Waals surface area contributed by atoms with Crippen molar-refractivity contribution in [3.63, 3.8) is 0 Å². The molecule has 0 saturated carbocycles. The van der Waals surface area contributed by atoms with Crippen LogP contribution in [-0.2, 0) is 14.3 Å². The van der Waals surface area contributed by atoms with Gasteiger partial charge in [0.15, 0.2) is 6.61 Å². The molecule has 0 aliphatic carbocycles. The molecule has 136 valence electrons. The number of likely N-dealkylation sites (tertiary alicyclic amines) is 1. The first-order valence-electron chi connectivity index (χ1n) is 7.62. The standard InChI is InChI=1S/C14H25N3O4.2ClH/c1-20-14(19)21-12-13(18)17-10-8-16(9-11-17)7-6-15-4-2-3-5-15;;/h2-12H2,1H3;2*1H. The lowest BCUT2D eigenvalue weighted by atomic mass is 10.3. The largest absolute Gasteiger partial charge is 0.508 e. The van der Waals surface area contributed by atoms with Crippen LogP contribution in [0.25, 0.3) is 0 Å². The van der Waals surface area contributed by atoms with Crippen molar-refractivity contribution in [3.05, 3.63) is 0 Å². The lowest BCUT2D eigenvalue weighted by molar-refractivity contribution is -0.136. The first-order chi connectivity index (χ1) is 10.2. The van der Waals surface area contributed by atoms with Gasteiger partial charge < -0.3 is 19.3 Å². The number of nitrogens with zero attached hydrogens (tertiary/aromatic N) is 3. The number of rotatable bonds is 5. The highest BCUT2D eigenvalue weighted by Crippen LogP contribution is 2.08. The molecular formula is C14H27Cl2N3O4. The summed E-state index contributed by atoms with van der Waals surface area (Å²) < 4.78 is 9.02. The Morgan fingerprint density at radius 3 is 1.91 bits per heavy atom. The maximum atomic E-state index is 11.9. The van der Waals surface area contributed by atoms with Crippen LogP contribution in [0.1, 0.15) is 12.8 Å². The molecule has 2 rings (SSSR count). The van der Waals surface area contributed by atoms with E-state index in [4.69, 9.17) is 0 Å². The van der Waals surface area contributed by atoms with Gasteiger partial charge in [0.2, 0.25) is 0 Å². The highest BCUT2D eigenvalue weighted by atomic mass is 35.5. The minimum absolute atomic E-state index is 0. The highest BCUT2D eigenvalue weighted by molar-refractivity contribution is 5.85. The highest BCUT2D eigenvalue weighted by Gasteiger charge is 2.22. The van der Waals surface area contributed by atoms with Crippen LogP contribution in [0, 0.1) is 0 Å². The van der Waals surface area contributed by atoms with Gasteiger partial charge in [-0.2, -0.15) is 0 Å². The van der Waals surface area contributed by atoms with Crippen LogP contribution < -0.4 is 0 Å². The summed E-state index contributed by atoms with van der Waals surface area (Å²) in [6.07, 6.45) is 1.83. The molecule has 23 heavy (non-hydrogen) atoms. The molecule has 0 aromatic carbocycles. The van der Waals surface area contributed by atoms with Gasteiger partial charge in [0, 0.05) is 39.3 Å². The summed E-state index contributed by atoms with van der Waals surface area (Å²) in [6.45, 7) is 7.58. The SMILES string of the molecule is COC(=O)OCC(=O)N1CCN(CCN2CCCC2)CC1.Cl.Cl. The first-order valence-corrected chi connectivity index (χ1v) is 7.62. The lowest BCUT2D eigenvalue weighted by Crippen LogP contribution is -2.51. The van der Waals surface area contributed by atoms with E-state index in [9.17, 15) is 9.59 Å². The third kappa shape index (κ3) is 7.56. The fraction of sp³-hybridized carbons (Fsp3) is 0.857. The summed E-state index contributed by atoms with van der Waals surface area (Å²) in [4.78, 5) is 29.3. The zero-order valence-corrected chi connectivity index (χ0v) is 15.2. The molecule has 0 radical (unpaired) electrons. The fourth-order valence-corrected chi connectivity index (χ4v) is 2.78. The number of hydrogen-bond donors (Lipinski definition) is 0. The Balaban J connectivity index is 0.00000242. The maximum absolute atomic E-state index is 11.9. The van der Waals surface area contributed by atoms with Crippen molar-refractivity contribution < 1.29 is 19.1 Å². The quantitative estimate of drug-likeness (QED) is 0.667. The summed E-state index contributed by atoms with van der Waals surface area (Å²) in [5, 5.41) is 0. The molecule has 1 amide bonds. The van der Waals surface area contributed by atoms with Crippen molar-refractivity contribution in [3.8, 4) is 0 Å². The van der Waals surface area contributed by atoms with Crippen molar-refractivity contribution in [2.75, 3.05) is 66.1 Å². The lowest BCUT2D eigenvalue weighted by Gasteiger charge is -2.35. The normalized spacial score (nSPS) is 18.7. The van der Waals surface area contributed by atoms with Gasteiger partial charge in [0.25, 0.3) is 5.91 Å². The van der Waals surface area contributed by atoms with E-state index in [-0.39, 0.29) is 37.3 Å². The molecule has 9 heteroatoms. The van der Waals surface area contributed by atoms with Gasteiger partial charge >= 0.3 is 6.16 Å². The zero-order chi connectivity index (χ0) is 15.1. The second-order valence-corrected chi connectivity index (χ2v) is 5.51. The minimum atomic E-state index is -0.812. The van der Waals surface area contributed by atoms with Gasteiger partial charge in [-0.05, 0) is 25.9 Å². The summed E-state index contributed by atoms with van der Waals surface area (Å²) in [6, 6.07) is 0. The molecule has 0 spiro atoms. The van der Waals surface area contributed by atoms with Gasteiger partial charge in [-0.3, -0.25) is 9.69 Å². The Morgan fingerprint density at radius 2 is 1.39 bits per heavy atom. The van der Waals surface area contributed by atoms with Crippen molar-refractivity contribution >= 4 is 36.9 Å². The number of piperazine rings is 1. The van der Waals surface area contributed by atoms with E-state index in [1.165, 1.54) is 33.0 Å². The fourth-order valence-electron chi connectivity index (χ4n) is 2.78. The van der Waals surface area contributed by atoms with Gasteiger partial charge in [0.1, 0.15) is 0 Å². The predicted octanol–water partition coefficient (Wildman–Crippen LogP) is 0.853. The minimum Gasteiger partial charge on any atom is -0.438 e. The molecule has 0 atom stereocenters. The number of amides is 1. The smallest absolute Gasteiger partial charge is 0.438 e. The van der Waals surface area contributed by atoms with Crippen LogP contribution in [0.4, 0.5) is 4.79 Å². The predicted molar refractivity (Wildman–Crippen MR) is 91.5 cm³/mol. The number of hydrogen-bond acceptors (Lipinski definition) is 6. The van der Waals surface area contributed by atoms with E-state index in [0.717, 1.165) is 26.2 Å². The van der Waals surface area contributed by atoms with Crippen LogP contribution in [-0.4, -0.2) is 92.8 Å². The molecule has 2 fully saturated rings. The molecule has 2 aliphatic heterocycles. The zero-order valence-electron chi connectivity index (χ0n) is 13.6. The Bertz CT molecular complexity index is 360. The van der Waals surface area contributed by atoms with Crippen LogP contribution in [0.5, 0.6) is 0 Å². The second-order valence-electron chi connectivity index (χ2n) is 5.51. The van der Waals surface area contributed by atoms with Gasteiger partial charge in [-0.1, -0.05) is 0 Å². The van der Waals surface area contributed by atoms with Crippen molar-refractivity contribution in [2.24, 2.45) is 0 Å². The average molecular weight is 372 g/mol. The van der Waals surface area contributed by atoms with Gasteiger partial charge in [0.05, 0.1) is 7.11 Å². The van der Waals surface area contributed by atoms with E-state index in [2.05, 4.69) is 19.3 Å². The monoisotopic (exact) mass is 371 g/mol. The molecule has 2 saturated heterocycles. The van der Waals surface area contributed by atoms with Crippen LogP contribution in [0.2, 0.25) is 0 Å². The average Bonchev–Trinajstić information content (AvgIpc) is 3.04. The Kier molecular flexibility index (Phi) is 11.3. The first kappa shape index (κ1) is 22.2. The summed E-state index contributed by atoms with van der Waals surface area (Å²) in [7, 11) is 1.23. The third-order valence-corrected chi connectivity index (χ3v) is 4.14. The summed E-state index contributed by atoms with van der Waals surface area (Å²) >= 11 is 0. The van der Waals surface area contributed by atoms with E-state index in [0.29, 0.717) is 13.1 Å². The number of halogens is 2. The molecule has 0 N–H and O–H groups in total. The molecular weight excluding hydrogens is 345 g/mol. The molecule has 0 bridgehead atoms. The number of carbonyl (C=O) groups excluding carboxylic acids is 2. The molecule has 2 heterocycles. The second kappa shape index (κ2) is 11.7. The van der Waals surface area contributed by atoms with E-state index >= 15 is 0 Å². The van der Waals surface area contributed by atoms with E-state index in [1.807, 2.05) is 0 Å². The van der Waals surface area contributed by atoms with E-state index in [1.54, 1.807) is 4.90 Å². The molecule has 0 aromatic rings. The molecule has 7 nitrogen and oxygen atoms in total. The Labute approximate surface area is 150 Å². The summed E-state index contributed by atoms with van der Waals surface area (Å²) in [5.74, 6) is -0.153.